The van der Waals surface area contributed by atoms with E-state index in [0.717, 1.165) is 12.2 Å². The Hall–Kier alpha value is -2.89. The highest BCUT2D eigenvalue weighted by atomic mass is 16.5. The Bertz CT molecular complexity index is 747. The minimum Gasteiger partial charge on any atom is -0.497 e. The Morgan fingerprint density at radius 2 is 1.85 bits per heavy atom. The number of amides is 1. The molecule has 2 rings (SSSR count). The van der Waals surface area contributed by atoms with Gasteiger partial charge in [0.25, 0.3) is 0 Å². The van der Waals surface area contributed by atoms with E-state index in [0.29, 0.717) is 35.4 Å². The maximum atomic E-state index is 12.3. The second-order valence-electron chi connectivity index (χ2n) is 6.53. The van der Waals surface area contributed by atoms with E-state index in [1.165, 1.54) is 0 Å². The van der Waals surface area contributed by atoms with E-state index < -0.39 is 0 Å². The molecule has 6 nitrogen and oxygen atoms in total. The summed E-state index contributed by atoms with van der Waals surface area (Å²) in [5.41, 5.74) is 1.39. The zero-order chi connectivity index (χ0) is 19.6. The molecule has 0 saturated carbocycles. The van der Waals surface area contributed by atoms with E-state index >= 15 is 0 Å². The number of nitrogens with one attached hydrogen (secondary N) is 2. The lowest BCUT2D eigenvalue weighted by Crippen LogP contribution is -2.22. The van der Waals surface area contributed by atoms with Crippen LogP contribution in [0.1, 0.15) is 20.3 Å². The Labute approximate surface area is 160 Å². The van der Waals surface area contributed by atoms with Gasteiger partial charge in [-0.3, -0.25) is 4.79 Å². The zero-order valence-corrected chi connectivity index (χ0v) is 16.4. The molecule has 1 amide bonds. The normalized spacial score (nSPS) is 10.4. The molecular weight excluding hydrogens is 344 g/mol. The van der Waals surface area contributed by atoms with Crippen molar-refractivity contribution in [3.05, 3.63) is 42.5 Å². The minimum absolute atomic E-state index is 0.0992. The third kappa shape index (κ3) is 6.73. The molecule has 0 aromatic heterocycles. The monoisotopic (exact) mass is 372 g/mol. The van der Waals surface area contributed by atoms with E-state index in [9.17, 15) is 4.79 Å². The van der Waals surface area contributed by atoms with Crippen LogP contribution in [-0.2, 0) is 4.79 Å². The molecule has 0 aliphatic heterocycles. The lowest BCUT2D eigenvalue weighted by Gasteiger charge is -2.13. The van der Waals surface area contributed by atoms with E-state index in [4.69, 9.17) is 14.2 Å². The molecule has 2 aromatic carbocycles. The highest BCUT2D eigenvalue weighted by Gasteiger charge is 2.08. The number of hydrogen-bond acceptors (Lipinski definition) is 5. The third-order valence-corrected chi connectivity index (χ3v) is 3.93. The molecule has 0 atom stereocenters. The topological polar surface area (TPSA) is 68.8 Å². The van der Waals surface area contributed by atoms with Crippen LogP contribution in [0.4, 0.5) is 11.4 Å². The molecule has 0 aliphatic rings. The predicted octanol–water partition coefficient (Wildman–Crippen LogP) is 4.18. The maximum absolute atomic E-state index is 12.3. The van der Waals surface area contributed by atoms with Crippen molar-refractivity contribution in [3.63, 3.8) is 0 Å². The van der Waals surface area contributed by atoms with Crippen LogP contribution in [0.5, 0.6) is 17.2 Å². The van der Waals surface area contributed by atoms with Gasteiger partial charge in [-0.05, 0) is 36.6 Å². The second kappa shape index (κ2) is 10.3. The summed E-state index contributed by atoms with van der Waals surface area (Å²) in [7, 11) is 3.17. The first-order chi connectivity index (χ1) is 13.0. The number of rotatable bonds is 10. The van der Waals surface area contributed by atoms with Crippen molar-refractivity contribution in [1.29, 1.82) is 0 Å². The summed E-state index contributed by atoms with van der Waals surface area (Å²) in [4.78, 5) is 12.3. The number of anilines is 2. The van der Waals surface area contributed by atoms with Crippen molar-refractivity contribution < 1.29 is 19.0 Å². The SMILES string of the molecule is COc1ccc(OC)c(NCC(=O)Nc2cccc(OCCC(C)C)c2)c1. The van der Waals surface area contributed by atoms with Gasteiger partial charge in [0.05, 0.1) is 33.1 Å². The molecule has 2 N–H and O–H groups in total. The molecule has 0 aliphatic carbocycles. The summed E-state index contributed by atoms with van der Waals surface area (Å²) in [6.07, 6.45) is 0.989. The minimum atomic E-state index is -0.167. The molecule has 0 radical (unpaired) electrons. The fourth-order valence-corrected chi connectivity index (χ4v) is 2.41. The van der Waals surface area contributed by atoms with E-state index in [1.807, 2.05) is 24.3 Å². The van der Waals surface area contributed by atoms with Crippen molar-refractivity contribution in [2.45, 2.75) is 20.3 Å². The molecule has 0 saturated heterocycles. The van der Waals surface area contributed by atoms with Gasteiger partial charge >= 0.3 is 0 Å². The quantitative estimate of drug-likeness (QED) is 0.655. The van der Waals surface area contributed by atoms with Gasteiger partial charge in [-0.1, -0.05) is 19.9 Å². The van der Waals surface area contributed by atoms with Gasteiger partial charge in [-0.25, -0.2) is 0 Å². The van der Waals surface area contributed by atoms with Gasteiger partial charge in [0.15, 0.2) is 0 Å². The standard InChI is InChI=1S/C21H28N2O4/c1-15(2)10-11-27-18-7-5-6-16(12-18)23-21(24)14-22-19-13-17(25-3)8-9-20(19)26-4/h5-9,12-13,15,22H,10-11,14H2,1-4H3,(H,23,24). The Kier molecular flexibility index (Phi) is 7.79. The fraction of sp³-hybridized carbons (Fsp3) is 0.381. The van der Waals surface area contributed by atoms with Crippen LogP contribution in [-0.4, -0.2) is 33.3 Å². The molecule has 0 fully saturated rings. The highest BCUT2D eigenvalue weighted by Crippen LogP contribution is 2.28. The van der Waals surface area contributed by atoms with Crippen molar-refractivity contribution in [2.75, 3.05) is 38.0 Å². The van der Waals surface area contributed by atoms with Crippen molar-refractivity contribution in [2.24, 2.45) is 5.92 Å². The lowest BCUT2D eigenvalue weighted by atomic mass is 10.1. The largest absolute Gasteiger partial charge is 0.497 e. The van der Waals surface area contributed by atoms with Gasteiger partial charge < -0.3 is 24.8 Å². The number of carbonyl (C=O) groups excluding carboxylic acids is 1. The Morgan fingerprint density at radius 1 is 1.04 bits per heavy atom. The second-order valence-corrected chi connectivity index (χ2v) is 6.53. The molecule has 0 heterocycles. The van der Waals surface area contributed by atoms with Crippen LogP contribution >= 0.6 is 0 Å². The summed E-state index contributed by atoms with van der Waals surface area (Å²) in [5, 5.41) is 5.94. The number of ether oxygens (including phenoxy) is 3. The summed E-state index contributed by atoms with van der Waals surface area (Å²) in [5.74, 6) is 2.50. The Balaban J connectivity index is 1.90. The fourth-order valence-electron chi connectivity index (χ4n) is 2.41. The van der Waals surface area contributed by atoms with Gasteiger partial charge in [0.1, 0.15) is 17.2 Å². The highest BCUT2D eigenvalue weighted by molar-refractivity contribution is 5.94. The van der Waals surface area contributed by atoms with Crippen LogP contribution in [0.3, 0.4) is 0 Å². The van der Waals surface area contributed by atoms with Gasteiger partial charge in [-0.2, -0.15) is 0 Å². The van der Waals surface area contributed by atoms with E-state index in [1.54, 1.807) is 32.4 Å². The van der Waals surface area contributed by atoms with Crippen molar-refractivity contribution in [3.8, 4) is 17.2 Å². The molecular formula is C21H28N2O4. The van der Waals surface area contributed by atoms with Crippen molar-refractivity contribution in [1.82, 2.24) is 0 Å². The zero-order valence-electron chi connectivity index (χ0n) is 16.4. The summed E-state index contributed by atoms with van der Waals surface area (Å²) < 4.78 is 16.2. The maximum Gasteiger partial charge on any atom is 0.243 e. The summed E-state index contributed by atoms with van der Waals surface area (Å²) in [6.45, 7) is 5.07. The first-order valence-corrected chi connectivity index (χ1v) is 9.00. The average Bonchev–Trinajstić information content (AvgIpc) is 2.66. The number of methoxy groups -OCH3 is 2. The summed E-state index contributed by atoms with van der Waals surface area (Å²) >= 11 is 0. The van der Waals surface area contributed by atoms with Crippen LogP contribution in [0.25, 0.3) is 0 Å². The molecule has 2 aromatic rings. The number of carbonyl (C=O) groups is 1. The smallest absolute Gasteiger partial charge is 0.243 e. The average molecular weight is 372 g/mol. The molecule has 6 heteroatoms. The van der Waals surface area contributed by atoms with Gasteiger partial charge in [-0.15, -0.1) is 0 Å². The first-order valence-electron chi connectivity index (χ1n) is 9.00. The molecule has 27 heavy (non-hydrogen) atoms. The number of benzene rings is 2. The van der Waals surface area contributed by atoms with E-state index in [2.05, 4.69) is 24.5 Å². The van der Waals surface area contributed by atoms with Crippen LogP contribution in [0.2, 0.25) is 0 Å². The Morgan fingerprint density at radius 3 is 2.56 bits per heavy atom. The van der Waals surface area contributed by atoms with Gasteiger partial charge in [0.2, 0.25) is 5.91 Å². The van der Waals surface area contributed by atoms with Gasteiger partial charge in [0, 0.05) is 17.8 Å². The third-order valence-electron chi connectivity index (χ3n) is 3.93. The molecule has 0 unspecified atom stereocenters. The molecule has 0 bridgehead atoms. The van der Waals surface area contributed by atoms with Crippen LogP contribution in [0.15, 0.2) is 42.5 Å². The number of hydrogen-bond donors (Lipinski definition) is 2. The first kappa shape index (κ1) is 20.4. The lowest BCUT2D eigenvalue weighted by molar-refractivity contribution is -0.114. The molecule has 0 spiro atoms. The van der Waals surface area contributed by atoms with Crippen LogP contribution < -0.4 is 24.8 Å². The van der Waals surface area contributed by atoms with Crippen LogP contribution in [0, 0.1) is 5.92 Å². The van der Waals surface area contributed by atoms with Crippen molar-refractivity contribution >= 4 is 17.3 Å². The van der Waals surface area contributed by atoms with E-state index in [-0.39, 0.29) is 12.5 Å². The molecule has 146 valence electrons. The predicted molar refractivity (Wildman–Crippen MR) is 108 cm³/mol. The summed E-state index contributed by atoms with van der Waals surface area (Å²) in [6, 6.07) is 12.8.